The monoisotopic (exact) mass is 956 g/mol. The van der Waals surface area contributed by atoms with Crippen molar-refractivity contribution in [1.82, 2.24) is 20.5 Å². The van der Waals surface area contributed by atoms with Gasteiger partial charge < -0.3 is 45.4 Å². The summed E-state index contributed by atoms with van der Waals surface area (Å²) in [6.45, 7) is 3.81. The molecule has 0 saturated carbocycles. The largest absolute Gasteiger partial charge is 0.506 e. The number of urea groups is 1. The van der Waals surface area contributed by atoms with Gasteiger partial charge in [-0.2, -0.15) is 0 Å². The van der Waals surface area contributed by atoms with Crippen LogP contribution in [0.3, 0.4) is 0 Å². The summed E-state index contributed by atoms with van der Waals surface area (Å²) in [5, 5.41) is 30.9. The fraction of sp³-hybridized carbons (Fsp3) is 0.250. The molecule has 6 aromatic carbocycles. The summed E-state index contributed by atoms with van der Waals surface area (Å²) in [6, 6.07) is 45.9. The Morgan fingerprint density at radius 3 is 2.24 bits per heavy atom. The summed E-state index contributed by atoms with van der Waals surface area (Å²) in [6.07, 6.45) is 0.650. The van der Waals surface area contributed by atoms with E-state index in [1.807, 2.05) is 84.9 Å². The van der Waals surface area contributed by atoms with E-state index in [-0.39, 0.29) is 49.2 Å². The van der Waals surface area contributed by atoms with Crippen LogP contribution in [0.5, 0.6) is 11.5 Å². The van der Waals surface area contributed by atoms with Gasteiger partial charge in [0.15, 0.2) is 0 Å². The number of carbonyl (C=O) groups excluding carboxylic acids is 3. The topological polar surface area (TPSA) is 195 Å². The molecule has 7 aromatic rings. The first-order valence-corrected chi connectivity index (χ1v) is 23.8. The molecule has 6 N–H and O–H groups in total. The van der Waals surface area contributed by atoms with Gasteiger partial charge in [-0.25, -0.2) is 14.4 Å². The van der Waals surface area contributed by atoms with E-state index in [0.29, 0.717) is 46.1 Å². The zero-order chi connectivity index (χ0) is 49.1. The van der Waals surface area contributed by atoms with Crippen LogP contribution in [0.4, 0.5) is 21.0 Å². The molecular formula is C56H56N6O9. The number of aliphatic hydroxyl groups is 1. The minimum atomic E-state index is -0.905. The number of ether oxygens (including phenoxy) is 3. The Hall–Kier alpha value is -7.98. The van der Waals surface area contributed by atoms with Gasteiger partial charge in [-0.05, 0) is 120 Å². The number of aliphatic hydroxyl groups excluding tert-OH is 1. The van der Waals surface area contributed by atoms with Gasteiger partial charge in [-0.3, -0.25) is 14.6 Å². The molecule has 0 spiro atoms. The molecule has 3 aliphatic rings. The maximum Gasteiger partial charge on any atom is 0.408 e. The minimum absolute atomic E-state index is 0.0626. The number of fused-ring (bicyclic) bond motifs is 4. The average molecular weight is 957 g/mol. The number of amides is 3. The number of rotatable bonds is 18. The number of anilines is 2. The van der Waals surface area contributed by atoms with Crippen LogP contribution in [-0.4, -0.2) is 83.6 Å². The third kappa shape index (κ3) is 12.3. The summed E-state index contributed by atoms with van der Waals surface area (Å²) in [7, 11) is 0. The number of aromatic nitrogens is 1. The summed E-state index contributed by atoms with van der Waals surface area (Å²) < 4.78 is 17.8. The highest BCUT2D eigenvalue weighted by Gasteiger charge is 2.37. The standard InChI is InChI=1S/C56H56N6O9/c63-48-24-22-46(47-23-25-51(65)59-53(47)48)49(64)34-57-33-37-16-20-43(21-17-37)58-55(67)62(44-11-5-2-6-12-44)30-31-69-54(66)41-18-14-38(15-19-41)36-70-45-13-7-10-42(32-45)52(40-8-3-1-4-9-40)60-56(68)71-50-35-61-28-26-39(50)27-29-61/h1-25,32,39,49-50,52,57,63-64H,26-31,33-36H2,(H,58,67)(H,59,65)(H,60,68)/t49-,50-,52?/m0/s1. The molecule has 1 unspecified atom stereocenters. The third-order valence-electron chi connectivity index (χ3n) is 13.0. The molecule has 3 fully saturated rings. The van der Waals surface area contributed by atoms with E-state index in [9.17, 15) is 29.4 Å². The molecule has 15 nitrogen and oxygen atoms in total. The number of para-hydroxylation sites is 1. The van der Waals surface area contributed by atoms with Crippen molar-refractivity contribution >= 4 is 40.4 Å². The maximum atomic E-state index is 13.7. The van der Waals surface area contributed by atoms with Crippen molar-refractivity contribution in [3.05, 3.63) is 201 Å². The van der Waals surface area contributed by atoms with Crippen LogP contribution in [0.25, 0.3) is 10.9 Å². The lowest BCUT2D eigenvalue weighted by molar-refractivity contribution is -0.0336. The number of piperidine rings is 3. The van der Waals surface area contributed by atoms with E-state index < -0.39 is 30.2 Å². The number of alkyl carbamates (subject to hydrolysis) is 1. The first-order valence-electron chi connectivity index (χ1n) is 23.8. The lowest BCUT2D eigenvalue weighted by Gasteiger charge is -2.43. The molecule has 2 bridgehead atoms. The highest BCUT2D eigenvalue weighted by molar-refractivity contribution is 6.01. The number of nitrogens with zero attached hydrogens (tertiary/aromatic N) is 2. The normalized spacial score (nSPS) is 16.9. The van der Waals surface area contributed by atoms with Gasteiger partial charge in [0.25, 0.3) is 0 Å². The van der Waals surface area contributed by atoms with Crippen LogP contribution in [-0.2, 0) is 22.6 Å². The number of pyridine rings is 1. The number of esters is 1. The van der Waals surface area contributed by atoms with Gasteiger partial charge >= 0.3 is 18.1 Å². The van der Waals surface area contributed by atoms with Gasteiger partial charge in [0.05, 0.1) is 29.8 Å². The number of aromatic hydroxyl groups is 1. The van der Waals surface area contributed by atoms with Crippen LogP contribution in [0.2, 0.25) is 0 Å². The number of nitrogens with one attached hydrogen (secondary N) is 4. The molecular weight excluding hydrogens is 901 g/mol. The minimum Gasteiger partial charge on any atom is -0.506 e. The van der Waals surface area contributed by atoms with Crippen molar-refractivity contribution in [2.45, 2.75) is 44.2 Å². The molecule has 4 heterocycles. The van der Waals surface area contributed by atoms with Gasteiger partial charge in [0.1, 0.15) is 30.8 Å². The van der Waals surface area contributed by atoms with E-state index in [1.54, 1.807) is 60.7 Å². The van der Waals surface area contributed by atoms with Crippen molar-refractivity contribution in [1.29, 1.82) is 0 Å². The Morgan fingerprint density at radius 1 is 0.789 bits per heavy atom. The predicted octanol–water partition coefficient (Wildman–Crippen LogP) is 8.44. The van der Waals surface area contributed by atoms with E-state index in [4.69, 9.17) is 14.2 Å². The second kappa shape index (κ2) is 22.6. The van der Waals surface area contributed by atoms with Crippen LogP contribution in [0.1, 0.15) is 63.2 Å². The highest BCUT2D eigenvalue weighted by atomic mass is 16.6. The average Bonchev–Trinajstić information content (AvgIpc) is 3.40. The molecule has 15 heteroatoms. The van der Waals surface area contributed by atoms with E-state index in [2.05, 4.69) is 25.8 Å². The number of aromatic amines is 1. The van der Waals surface area contributed by atoms with Crippen molar-refractivity contribution < 1.29 is 38.8 Å². The van der Waals surface area contributed by atoms with E-state index in [0.717, 1.165) is 54.7 Å². The number of benzene rings is 6. The number of phenols is 1. The molecule has 1 aromatic heterocycles. The Kier molecular flexibility index (Phi) is 15.3. The number of H-pyrrole nitrogens is 1. The van der Waals surface area contributed by atoms with Crippen LogP contribution < -0.4 is 31.1 Å². The Balaban J connectivity index is 0.748. The summed E-state index contributed by atoms with van der Waals surface area (Å²) in [4.78, 5) is 58.4. The first kappa shape index (κ1) is 48.1. The number of hydrogen-bond donors (Lipinski definition) is 6. The second-order valence-electron chi connectivity index (χ2n) is 17.8. The second-order valence-corrected chi connectivity index (χ2v) is 17.8. The number of hydrogen-bond acceptors (Lipinski definition) is 11. The molecule has 3 atom stereocenters. The fourth-order valence-electron chi connectivity index (χ4n) is 9.20. The number of carbonyl (C=O) groups is 3. The zero-order valence-corrected chi connectivity index (χ0v) is 39.0. The summed E-state index contributed by atoms with van der Waals surface area (Å²) >= 11 is 0. The number of phenolic OH excluding ortho intramolecular Hbond substituents is 1. The summed E-state index contributed by atoms with van der Waals surface area (Å²) in [5.74, 6) is 0.411. The lowest BCUT2D eigenvalue weighted by atomic mass is 9.86. The quantitative estimate of drug-likeness (QED) is 0.0452. The predicted molar refractivity (Wildman–Crippen MR) is 271 cm³/mol. The SMILES string of the molecule is O=C(NC(c1ccccc1)c1cccc(OCc2ccc(C(=O)OCCN(C(=O)Nc3ccc(CNC[C@H](O)c4ccc(O)c5[nH]c(=O)ccc45)cc3)c3ccccc3)cc2)c1)O[C@H]1CN2CCC1CC2. The van der Waals surface area contributed by atoms with Crippen molar-refractivity contribution in [3.63, 3.8) is 0 Å². The fourth-order valence-corrected chi connectivity index (χ4v) is 9.20. The zero-order valence-electron chi connectivity index (χ0n) is 39.0. The van der Waals surface area contributed by atoms with Gasteiger partial charge in [-0.15, -0.1) is 0 Å². The van der Waals surface area contributed by atoms with Crippen molar-refractivity contribution in [2.75, 3.05) is 49.5 Å². The highest BCUT2D eigenvalue weighted by Crippen LogP contribution is 2.32. The van der Waals surface area contributed by atoms with Gasteiger partial charge in [-0.1, -0.05) is 91.0 Å². The summed E-state index contributed by atoms with van der Waals surface area (Å²) in [5.41, 5.74) is 5.53. The van der Waals surface area contributed by atoms with E-state index >= 15 is 0 Å². The Labute approximate surface area is 411 Å². The van der Waals surface area contributed by atoms with Gasteiger partial charge in [0.2, 0.25) is 5.56 Å². The molecule has 3 aliphatic heterocycles. The van der Waals surface area contributed by atoms with Crippen LogP contribution in [0, 0.1) is 5.92 Å². The third-order valence-corrected chi connectivity index (χ3v) is 13.0. The Morgan fingerprint density at radius 2 is 1.51 bits per heavy atom. The first-order chi connectivity index (χ1) is 34.6. The maximum absolute atomic E-state index is 13.7. The molecule has 10 rings (SSSR count). The molecule has 364 valence electrons. The van der Waals surface area contributed by atoms with Crippen LogP contribution >= 0.6 is 0 Å². The molecule has 0 radical (unpaired) electrons. The molecule has 0 aliphatic carbocycles. The lowest BCUT2D eigenvalue weighted by Crippen LogP contribution is -2.52. The molecule has 3 amide bonds. The van der Waals surface area contributed by atoms with E-state index in [1.165, 1.54) is 17.0 Å². The molecule has 71 heavy (non-hydrogen) atoms. The van der Waals surface area contributed by atoms with Crippen molar-refractivity contribution in [2.24, 2.45) is 5.92 Å². The van der Waals surface area contributed by atoms with Crippen LogP contribution in [0.15, 0.2) is 163 Å². The van der Waals surface area contributed by atoms with Crippen molar-refractivity contribution in [3.8, 4) is 11.5 Å². The Bertz CT molecular complexity index is 2980. The molecule has 3 saturated heterocycles. The van der Waals surface area contributed by atoms with Gasteiger partial charge in [0, 0.05) is 42.5 Å². The smallest absolute Gasteiger partial charge is 0.408 e.